The molecule has 0 unspecified atom stereocenters. The molecule has 0 aliphatic heterocycles. The Labute approximate surface area is 135 Å². The molecule has 4 nitrogen and oxygen atoms in total. The predicted octanol–water partition coefficient (Wildman–Crippen LogP) is 3.73. The zero-order valence-electron chi connectivity index (χ0n) is 13.6. The van der Waals surface area contributed by atoms with Gasteiger partial charge in [-0.15, -0.1) is 0 Å². The first kappa shape index (κ1) is 15.3. The molecule has 3 rings (SSSR count). The van der Waals surface area contributed by atoms with Crippen LogP contribution in [0.1, 0.15) is 29.8 Å². The Balaban J connectivity index is 1.96. The van der Waals surface area contributed by atoms with Crippen molar-refractivity contribution in [1.29, 1.82) is 0 Å². The second-order valence-electron chi connectivity index (χ2n) is 5.98. The second-order valence-corrected chi connectivity index (χ2v) is 5.98. The van der Waals surface area contributed by atoms with E-state index in [2.05, 4.69) is 4.99 Å². The number of hydrogen-bond acceptors (Lipinski definition) is 3. The fourth-order valence-corrected chi connectivity index (χ4v) is 2.59. The van der Waals surface area contributed by atoms with Gasteiger partial charge in [-0.1, -0.05) is 18.2 Å². The SMILES string of the molecule is Cc1ccc2c(CC(=O)n3ccccc3=NC(C)C)coc2c1. The van der Waals surface area contributed by atoms with Crippen LogP contribution in [0.15, 0.2) is 58.3 Å². The van der Waals surface area contributed by atoms with E-state index in [0.717, 1.165) is 22.1 Å². The van der Waals surface area contributed by atoms with Gasteiger partial charge in [0.15, 0.2) is 0 Å². The summed E-state index contributed by atoms with van der Waals surface area (Å²) in [5, 5.41) is 0.989. The van der Waals surface area contributed by atoms with Gasteiger partial charge in [-0.05, 0) is 44.5 Å². The zero-order chi connectivity index (χ0) is 16.4. The van der Waals surface area contributed by atoms with Gasteiger partial charge in [0, 0.05) is 23.2 Å². The third kappa shape index (κ3) is 3.26. The molecule has 0 N–H and O–H groups in total. The van der Waals surface area contributed by atoms with Gasteiger partial charge < -0.3 is 4.42 Å². The minimum Gasteiger partial charge on any atom is -0.464 e. The number of pyridine rings is 1. The highest BCUT2D eigenvalue weighted by molar-refractivity contribution is 5.88. The Kier molecular flexibility index (Phi) is 4.15. The fourth-order valence-electron chi connectivity index (χ4n) is 2.59. The topological polar surface area (TPSA) is 47.5 Å². The van der Waals surface area contributed by atoms with Crippen molar-refractivity contribution < 1.29 is 9.21 Å². The maximum absolute atomic E-state index is 12.7. The Bertz CT molecular complexity index is 916. The van der Waals surface area contributed by atoms with Crippen LogP contribution in [0.5, 0.6) is 0 Å². The minimum atomic E-state index is -0.0201. The lowest BCUT2D eigenvalue weighted by Crippen LogP contribution is -2.28. The summed E-state index contributed by atoms with van der Waals surface area (Å²) in [6.07, 6.45) is 3.71. The first-order valence-corrected chi connectivity index (χ1v) is 7.76. The summed E-state index contributed by atoms with van der Waals surface area (Å²) in [6, 6.07) is 11.7. The summed E-state index contributed by atoms with van der Waals surface area (Å²) in [5.74, 6) is -0.0201. The van der Waals surface area contributed by atoms with Gasteiger partial charge in [0.2, 0.25) is 5.91 Å². The van der Waals surface area contributed by atoms with Crippen molar-refractivity contribution in [2.45, 2.75) is 33.2 Å². The number of aromatic nitrogens is 1. The Morgan fingerprint density at radius 3 is 2.87 bits per heavy atom. The molecule has 2 aromatic heterocycles. The molecule has 1 aromatic carbocycles. The molecular formula is C19H20N2O2. The highest BCUT2D eigenvalue weighted by Gasteiger charge is 2.12. The van der Waals surface area contributed by atoms with Crippen molar-refractivity contribution in [3.63, 3.8) is 0 Å². The minimum absolute atomic E-state index is 0.0201. The van der Waals surface area contributed by atoms with Crippen molar-refractivity contribution >= 4 is 16.9 Å². The zero-order valence-corrected chi connectivity index (χ0v) is 13.6. The van der Waals surface area contributed by atoms with Crippen LogP contribution in [0.25, 0.3) is 11.0 Å². The predicted molar refractivity (Wildman–Crippen MR) is 90.4 cm³/mol. The Morgan fingerprint density at radius 1 is 1.26 bits per heavy atom. The van der Waals surface area contributed by atoms with Crippen LogP contribution in [0.4, 0.5) is 0 Å². The molecule has 0 radical (unpaired) electrons. The lowest BCUT2D eigenvalue weighted by atomic mass is 10.1. The third-order valence-electron chi connectivity index (χ3n) is 3.65. The molecule has 0 saturated carbocycles. The summed E-state index contributed by atoms with van der Waals surface area (Å²) in [7, 11) is 0. The number of benzene rings is 1. The number of nitrogens with zero attached hydrogens (tertiary/aromatic N) is 2. The lowest BCUT2D eigenvalue weighted by molar-refractivity contribution is 0.0908. The Morgan fingerprint density at radius 2 is 2.09 bits per heavy atom. The molecular weight excluding hydrogens is 288 g/mol. The van der Waals surface area contributed by atoms with Gasteiger partial charge in [-0.25, -0.2) is 0 Å². The molecule has 0 fully saturated rings. The van der Waals surface area contributed by atoms with Crippen LogP contribution in [0.2, 0.25) is 0 Å². The van der Waals surface area contributed by atoms with Crippen LogP contribution in [0, 0.1) is 6.92 Å². The highest BCUT2D eigenvalue weighted by Crippen LogP contribution is 2.22. The molecule has 0 saturated heterocycles. The molecule has 23 heavy (non-hydrogen) atoms. The van der Waals surface area contributed by atoms with Gasteiger partial charge in [0.25, 0.3) is 0 Å². The van der Waals surface area contributed by atoms with Crippen molar-refractivity contribution in [1.82, 2.24) is 4.57 Å². The first-order chi connectivity index (χ1) is 11.0. The number of hydrogen-bond donors (Lipinski definition) is 0. The number of carbonyl (C=O) groups is 1. The summed E-state index contributed by atoms with van der Waals surface area (Å²) in [4.78, 5) is 17.2. The van der Waals surface area contributed by atoms with Crippen LogP contribution in [0.3, 0.4) is 0 Å². The largest absolute Gasteiger partial charge is 0.464 e. The maximum atomic E-state index is 12.7. The van der Waals surface area contributed by atoms with Gasteiger partial charge in [-0.3, -0.25) is 14.4 Å². The quantitative estimate of drug-likeness (QED) is 0.740. The molecule has 0 atom stereocenters. The number of aryl methyl sites for hydroxylation is 1. The maximum Gasteiger partial charge on any atom is 0.236 e. The third-order valence-corrected chi connectivity index (χ3v) is 3.65. The summed E-state index contributed by atoms with van der Waals surface area (Å²) < 4.78 is 7.18. The lowest BCUT2D eigenvalue weighted by Gasteiger charge is -2.06. The number of furan rings is 1. The van der Waals surface area contributed by atoms with Crippen LogP contribution < -0.4 is 5.49 Å². The smallest absolute Gasteiger partial charge is 0.236 e. The van der Waals surface area contributed by atoms with E-state index in [9.17, 15) is 4.79 Å². The highest BCUT2D eigenvalue weighted by atomic mass is 16.3. The van der Waals surface area contributed by atoms with Crippen molar-refractivity contribution in [3.05, 3.63) is 65.5 Å². The van der Waals surface area contributed by atoms with Gasteiger partial charge in [0.05, 0.1) is 12.7 Å². The number of rotatable bonds is 3. The normalized spacial score (nSPS) is 12.3. The molecule has 0 aliphatic rings. The van der Waals surface area contributed by atoms with E-state index in [1.54, 1.807) is 17.0 Å². The molecule has 0 spiro atoms. The summed E-state index contributed by atoms with van der Waals surface area (Å²) in [6.45, 7) is 6.01. The van der Waals surface area contributed by atoms with Gasteiger partial charge >= 0.3 is 0 Å². The van der Waals surface area contributed by atoms with E-state index in [4.69, 9.17) is 4.42 Å². The molecule has 2 heterocycles. The Hall–Kier alpha value is -2.62. The molecule has 0 amide bonds. The second kappa shape index (κ2) is 6.24. The van der Waals surface area contributed by atoms with E-state index in [-0.39, 0.29) is 18.4 Å². The van der Waals surface area contributed by atoms with Crippen LogP contribution >= 0.6 is 0 Å². The van der Waals surface area contributed by atoms with E-state index in [0.29, 0.717) is 5.49 Å². The number of carbonyl (C=O) groups excluding carboxylic acids is 1. The molecule has 0 aliphatic carbocycles. The van der Waals surface area contributed by atoms with Crippen LogP contribution in [-0.4, -0.2) is 16.5 Å². The van der Waals surface area contributed by atoms with Crippen molar-refractivity contribution in [2.24, 2.45) is 4.99 Å². The van der Waals surface area contributed by atoms with E-state index < -0.39 is 0 Å². The van der Waals surface area contributed by atoms with E-state index >= 15 is 0 Å². The summed E-state index contributed by atoms with van der Waals surface area (Å²) >= 11 is 0. The summed E-state index contributed by atoms with van der Waals surface area (Å²) in [5.41, 5.74) is 3.53. The average molecular weight is 308 g/mol. The first-order valence-electron chi connectivity index (χ1n) is 7.76. The fraction of sp³-hybridized carbons (Fsp3) is 0.263. The van der Waals surface area contributed by atoms with Crippen molar-refractivity contribution in [3.8, 4) is 0 Å². The van der Waals surface area contributed by atoms with E-state index in [1.165, 1.54) is 0 Å². The number of fused-ring (bicyclic) bond motifs is 1. The van der Waals surface area contributed by atoms with Crippen molar-refractivity contribution in [2.75, 3.05) is 0 Å². The van der Waals surface area contributed by atoms with E-state index in [1.807, 2.05) is 57.2 Å². The molecule has 118 valence electrons. The van der Waals surface area contributed by atoms with Gasteiger partial charge in [-0.2, -0.15) is 0 Å². The average Bonchev–Trinajstić information content (AvgIpc) is 2.89. The molecule has 3 aromatic rings. The van der Waals surface area contributed by atoms with Crippen LogP contribution in [-0.2, 0) is 6.42 Å². The molecule has 0 bridgehead atoms. The molecule has 4 heteroatoms. The monoisotopic (exact) mass is 308 g/mol. The standard InChI is InChI=1S/C19H20N2O2/c1-13(2)20-18-6-4-5-9-21(18)19(22)11-15-12-23-17-10-14(3)7-8-16(15)17/h4-10,12-13H,11H2,1-3H3. The van der Waals surface area contributed by atoms with Gasteiger partial charge in [0.1, 0.15) is 11.1 Å².